The molecule has 0 spiro atoms. The van der Waals surface area contributed by atoms with Gasteiger partial charge in [-0.1, -0.05) is 25.1 Å². The van der Waals surface area contributed by atoms with Crippen molar-refractivity contribution in [3.8, 4) is 0 Å². The summed E-state index contributed by atoms with van der Waals surface area (Å²) in [6.07, 6.45) is 1.16. The van der Waals surface area contributed by atoms with Crippen molar-refractivity contribution in [2.45, 2.75) is 26.4 Å². The van der Waals surface area contributed by atoms with Gasteiger partial charge in [-0.25, -0.2) is 0 Å². The van der Waals surface area contributed by atoms with Crippen LogP contribution in [-0.4, -0.2) is 0 Å². The molecule has 1 heteroatoms. The lowest BCUT2D eigenvalue weighted by Gasteiger charge is -2.03. The Kier molecular flexibility index (Phi) is 1.66. The van der Waals surface area contributed by atoms with Crippen molar-refractivity contribution in [1.82, 2.24) is 5.32 Å². The van der Waals surface area contributed by atoms with Crippen LogP contribution in [0, 0.1) is 0 Å². The van der Waals surface area contributed by atoms with Gasteiger partial charge < -0.3 is 5.32 Å². The van der Waals surface area contributed by atoms with Crippen molar-refractivity contribution in [2.24, 2.45) is 0 Å². The van der Waals surface area contributed by atoms with Crippen molar-refractivity contribution < 1.29 is 0 Å². The Balaban J connectivity index is 2.50. The molecule has 0 atom stereocenters. The number of nitrogens with one attached hydrogen (secondary N) is 1. The van der Waals surface area contributed by atoms with E-state index in [4.69, 9.17) is 0 Å². The fourth-order valence-electron chi connectivity index (χ4n) is 1.73. The third kappa shape index (κ3) is 1.05. The van der Waals surface area contributed by atoms with Crippen molar-refractivity contribution in [2.75, 3.05) is 0 Å². The average Bonchev–Trinajstić information content (AvgIpc) is 2.50. The minimum atomic E-state index is 1.06. The minimum absolute atomic E-state index is 1.06. The van der Waals surface area contributed by atoms with Crippen molar-refractivity contribution >= 4 is 0 Å². The van der Waals surface area contributed by atoms with Gasteiger partial charge >= 0.3 is 0 Å². The number of hydrogen-bond acceptors (Lipinski definition) is 1. The van der Waals surface area contributed by atoms with Crippen molar-refractivity contribution in [3.05, 3.63) is 34.9 Å². The molecular formula is C10H13N. The smallest absolute Gasteiger partial charge is 0.0214 e. The van der Waals surface area contributed by atoms with Crippen LogP contribution in [-0.2, 0) is 19.5 Å². The molecule has 58 valence electrons. The van der Waals surface area contributed by atoms with Crippen molar-refractivity contribution in [1.29, 1.82) is 0 Å². The van der Waals surface area contributed by atoms with Gasteiger partial charge in [-0.2, -0.15) is 0 Å². The molecule has 1 aromatic carbocycles. The molecule has 0 unspecified atom stereocenters. The van der Waals surface area contributed by atoms with Gasteiger partial charge in [-0.05, 0) is 23.1 Å². The van der Waals surface area contributed by atoms with E-state index in [9.17, 15) is 0 Å². The summed E-state index contributed by atoms with van der Waals surface area (Å²) in [5, 5.41) is 3.36. The van der Waals surface area contributed by atoms with Crippen LogP contribution in [0.15, 0.2) is 18.2 Å². The summed E-state index contributed by atoms with van der Waals surface area (Å²) in [5.41, 5.74) is 4.53. The van der Waals surface area contributed by atoms with Crippen LogP contribution in [0.1, 0.15) is 23.6 Å². The van der Waals surface area contributed by atoms with E-state index in [1.807, 2.05) is 0 Å². The first-order valence-electron chi connectivity index (χ1n) is 4.22. The van der Waals surface area contributed by atoms with E-state index in [1.165, 1.54) is 16.7 Å². The Morgan fingerprint density at radius 1 is 1.36 bits per heavy atom. The number of fused-ring (bicyclic) bond motifs is 1. The lowest BCUT2D eigenvalue weighted by atomic mass is 10.0. The van der Waals surface area contributed by atoms with E-state index in [0.717, 1.165) is 19.5 Å². The summed E-state index contributed by atoms with van der Waals surface area (Å²) in [6, 6.07) is 6.60. The normalized spacial score (nSPS) is 15.0. The van der Waals surface area contributed by atoms with Gasteiger partial charge in [0.1, 0.15) is 0 Å². The van der Waals surface area contributed by atoms with Crippen LogP contribution in [0.3, 0.4) is 0 Å². The highest BCUT2D eigenvalue weighted by molar-refractivity contribution is 5.37. The zero-order valence-electron chi connectivity index (χ0n) is 6.85. The first kappa shape index (κ1) is 6.86. The summed E-state index contributed by atoms with van der Waals surface area (Å²) < 4.78 is 0. The first-order valence-corrected chi connectivity index (χ1v) is 4.22. The van der Waals surface area contributed by atoms with Gasteiger partial charge in [0.15, 0.2) is 0 Å². The Morgan fingerprint density at radius 2 is 2.27 bits per heavy atom. The van der Waals surface area contributed by atoms with Crippen LogP contribution in [0.25, 0.3) is 0 Å². The molecule has 0 amide bonds. The Morgan fingerprint density at radius 3 is 3.09 bits per heavy atom. The first-order chi connectivity index (χ1) is 5.42. The summed E-state index contributed by atoms with van der Waals surface area (Å²) in [7, 11) is 0. The molecule has 0 saturated carbocycles. The molecule has 1 aromatic rings. The van der Waals surface area contributed by atoms with Crippen LogP contribution < -0.4 is 5.32 Å². The fourth-order valence-corrected chi connectivity index (χ4v) is 1.73. The Hall–Kier alpha value is -0.820. The van der Waals surface area contributed by atoms with Crippen LogP contribution in [0.5, 0.6) is 0 Å². The lowest BCUT2D eigenvalue weighted by molar-refractivity contribution is 0.762. The second-order valence-corrected chi connectivity index (χ2v) is 3.01. The molecule has 1 nitrogen and oxygen atoms in total. The van der Waals surface area contributed by atoms with Gasteiger partial charge in [0.05, 0.1) is 0 Å². The number of rotatable bonds is 1. The topological polar surface area (TPSA) is 12.0 Å². The fraction of sp³-hybridized carbons (Fsp3) is 0.400. The SMILES string of the molecule is CCc1cccc2c1CNC2. The van der Waals surface area contributed by atoms with E-state index >= 15 is 0 Å². The monoisotopic (exact) mass is 147 g/mol. The highest BCUT2D eigenvalue weighted by Gasteiger charge is 2.11. The Bertz CT molecular complexity index is 266. The molecule has 1 heterocycles. The predicted octanol–water partition coefficient (Wildman–Crippen LogP) is 1.85. The van der Waals surface area contributed by atoms with E-state index in [2.05, 4.69) is 30.4 Å². The molecule has 0 saturated heterocycles. The second-order valence-electron chi connectivity index (χ2n) is 3.01. The van der Waals surface area contributed by atoms with Crippen LogP contribution >= 0.6 is 0 Å². The summed E-state index contributed by atoms with van der Waals surface area (Å²) in [4.78, 5) is 0. The summed E-state index contributed by atoms with van der Waals surface area (Å²) in [6.45, 7) is 4.34. The molecule has 1 aliphatic heterocycles. The maximum Gasteiger partial charge on any atom is 0.0214 e. The zero-order valence-corrected chi connectivity index (χ0v) is 6.85. The number of hydrogen-bond donors (Lipinski definition) is 1. The maximum absolute atomic E-state index is 3.36. The molecule has 0 aromatic heterocycles. The quantitative estimate of drug-likeness (QED) is 0.639. The van der Waals surface area contributed by atoms with Gasteiger partial charge in [0.25, 0.3) is 0 Å². The second kappa shape index (κ2) is 2.67. The van der Waals surface area contributed by atoms with E-state index in [-0.39, 0.29) is 0 Å². The van der Waals surface area contributed by atoms with E-state index < -0.39 is 0 Å². The van der Waals surface area contributed by atoms with Crippen molar-refractivity contribution in [3.63, 3.8) is 0 Å². The highest BCUT2D eigenvalue weighted by atomic mass is 14.9. The van der Waals surface area contributed by atoms with Gasteiger partial charge in [-0.3, -0.25) is 0 Å². The van der Waals surface area contributed by atoms with Gasteiger partial charge in [0.2, 0.25) is 0 Å². The maximum atomic E-state index is 3.36. The molecule has 0 radical (unpaired) electrons. The Labute approximate surface area is 67.4 Å². The molecule has 1 N–H and O–H groups in total. The molecular weight excluding hydrogens is 134 g/mol. The lowest BCUT2D eigenvalue weighted by Crippen LogP contribution is -2.00. The molecule has 0 fully saturated rings. The van der Waals surface area contributed by atoms with E-state index in [1.54, 1.807) is 0 Å². The largest absolute Gasteiger partial charge is 0.309 e. The molecule has 0 aliphatic carbocycles. The van der Waals surface area contributed by atoms with Gasteiger partial charge in [-0.15, -0.1) is 0 Å². The number of aryl methyl sites for hydroxylation is 1. The predicted molar refractivity (Wildman–Crippen MR) is 46.4 cm³/mol. The molecule has 11 heavy (non-hydrogen) atoms. The summed E-state index contributed by atoms with van der Waals surface area (Å²) in [5.74, 6) is 0. The number of benzene rings is 1. The highest BCUT2D eigenvalue weighted by Crippen LogP contribution is 2.19. The van der Waals surface area contributed by atoms with Gasteiger partial charge in [0, 0.05) is 13.1 Å². The summed E-state index contributed by atoms with van der Waals surface area (Å²) >= 11 is 0. The molecule has 1 aliphatic rings. The minimum Gasteiger partial charge on any atom is -0.309 e. The zero-order chi connectivity index (χ0) is 7.68. The standard InChI is InChI=1S/C10H13N/c1-2-8-4-3-5-9-6-11-7-10(8)9/h3-5,11H,2,6-7H2,1H3. The third-order valence-electron chi connectivity index (χ3n) is 2.37. The average molecular weight is 147 g/mol. The van der Waals surface area contributed by atoms with Crippen LogP contribution in [0.2, 0.25) is 0 Å². The third-order valence-corrected chi connectivity index (χ3v) is 2.37. The molecule has 0 bridgehead atoms. The van der Waals surface area contributed by atoms with Crippen LogP contribution in [0.4, 0.5) is 0 Å². The van der Waals surface area contributed by atoms with E-state index in [0.29, 0.717) is 0 Å². The molecule has 2 rings (SSSR count).